The largest absolute Gasteiger partial charge is 1.00 e. The van der Waals surface area contributed by atoms with Gasteiger partial charge < -0.3 is 33.6 Å². The first-order valence-electron chi connectivity index (χ1n) is 20.6. The number of hydrogen-bond acceptors (Lipinski definition) is 10. The van der Waals surface area contributed by atoms with Crippen molar-refractivity contribution in [1.82, 2.24) is 0 Å². The predicted octanol–water partition coefficient (Wildman–Crippen LogP) is 6.93. The zero-order valence-corrected chi connectivity index (χ0v) is 37.1. The second-order valence-corrected chi connectivity index (χ2v) is 15.0. The molecule has 0 aromatic rings. The molecule has 0 aliphatic carbocycles. The number of aliphatic hydroxyl groups excluding tert-OH is 2. The van der Waals surface area contributed by atoms with E-state index in [4.69, 9.17) is 19.1 Å². The van der Waals surface area contributed by atoms with Gasteiger partial charge in [0.25, 0.3) is 7.82 Å². The monoisotopic (exact) mass is 792 g/mol. The predicted molar refractivity (Wildman–Crippen MR) is 212 cm³/mol. The molecule has 2 unspecified atom stereocenters. The van der Waals surface area contributed by atoms with E-state index in [0.717, 1.165) is 89.9 Å². The van der Waals surface area contributed by atoms with Gasteiger partial charge in [0.2, 0.25) is 0 Å². The Balaban J connectivity index is 0. The Morgan fingerprint density at radius 3 is 1.46 bits per heavy atom. The topological polar surface area (TPSA) is 152 Å². The minimum absolute atomic E-state index is 0. The quantitative estimate of drug-likeness (QED) is 0.0222. The summed E-state index contributed by atoms with van der Waals surface area (Å²) in [6.45, 7) is 2.10. The molecule has 10 nitrogen and oxygen atoms in total. The molecule has 0 aromatic heterocycles. The molecule has 0 rings (SSSR count). The number of rotatable bonds is 38. The van der Waals surface area contributed by atoms with E-state index in [-0.39, 0.29) is 49.0 Å². The van der Waals surface area contributed by atoms with Gasteiger partial charge in [-0.25, -0.2) is 0 Å². The third kappa shape index (κ3) is 40.6. The Labute approximate surface area is 350 Å². The Hall–Kier alpha value is -1.07. The summed E-state index contributed by atoms with van der Waals surface area (Å²) in [6.07, 6.45) is 39.0. The van der Waals surface area contributed by atoms with Crippen LogP contribution in [-0.4, -0.2) is 60.8 Å². The zero-order chi connectivity index (χ0) is 39.1. The molecule has 2 N–H and O–H groups in total. The molecule has 0 heterocycles. The minimum Gasteiger partial charge on any atom is -0.756 e. The molecular weight excluding hydrogens is 718 g/mol. The van der Waals surface area contributed by atoms with Crippen LogP contribution in [0.3, 0.4) is 0 Å². The first-order chi connectivity index (χ1) is 25.7. The fourth-order valence-corrected chi connectivity index (χ4v) is 6.00. The van der Waals surface area contributed by atoms with Crippen LogP contribution in [0.1, 0.15) is 168 Å². The Kier molecular flexibility index (Phi) is 42.4. The van der Waals surface area contributed by atoms with Crippen molar-refractivity contribution in [3.63, 3.8) is 0 Å². The van der Waals surface area contributed by atoms with Crippen LogP contribution in [0.15, 0.2) is 48.6 Å². The SMILES string of the molecule is CCCCC/C=C\C/C=C\CCCCCCCC(=O)OC[C@H](COP(=O)([O-])OCC(O)CO)OC(=O)CCCCCCC/C=C\C/C=C\CCCCC.[Na+]. The smallest absolute Gasteiger partial charge is 0.756 e. The van der Waals surface area contributed by atoms with Crippen molar-refractivity contribution >= 4 is 19.8 Å². The van der Waals surface area contributed by atoms with Crippen molar-refractivity contribution < 1.29 is 77.3 Å². The van der Waals surface area contributed by atoms with Gasteiger partial charge in [-0.05, 0) is 77.0 Å². The van der Waals surface area contributed by atoms with E-state index in [0.29, 0.717) is 12.8 Å². The molecule has 0 bridgehead atoms. The minimum atomic E-state index is -4.87. The van der Waals surface area contributed by atoms with E-state index in [2.05, 4.69) is 67.0 Å². The van der Waals surface area contributed by atoms with Crippen LogP contribution in [0.25, 0.3) is 0 Å². The molecule has 0 amide bonds. The summed E-state index contributed by atoms with van der Waals surface area (Å²) in [5.41, 5.74) is 0. The van der Waals surface area contributed by atoms with Crippen LogP contribution in [0.4, 0.5) is 0 Å². The van der Waals surface area contributed by atoms with Gasteiger partial charge in [0.05, 0.1) is 19.8 Å². The molecule has 0 spiro atoms. The van der Waals surface area contributed by atoms with Crippen LogP contribution >= 0.6 is 7.82 Å². The second kappa shape index (κ2) is 41.6. The maximum absolute atomic E-state index is 12.6. The molecule has 0 saturated heterocycles. The normalized spacial score (nSPS) is 14.2. The summed E-state index contributed by atoms with van der Waals surface area (Å²) < 4.78 is 32.2. The first kappa shape index (κ1) is 55.0. The fraction of sp³-hybridized carbons (Fsp3) is 0.762. The number of hydrogen-bond donors (Lipinski definition) is 2. The molecule has 0 saturated carbocycles. The van der Waals surface area contributed by atoms with E-state index in [9.17, 15) is 24.2 Å². The molecule has 308 valence electrons. The Bertz CT molecular complexity index is 1030. The number of aliphatic hydroxyl groups is 2. The number of ether oxygens (including phenoxy) is 2. The maximum atomic E-state index is 12.6. The van der Waals surface area contributed by atoms with Crippen molar-refractivity contribution in [1.29, 1.82) is 0 Å². The Morgan fingerprint density at radius 1 is 0.593 bits per heavy atom. The molecule has 0 aliphatic rings. The molecule has 0 fully saturated rings. The van der Waals surface area contributed by atoms with Gasteiger partial charge in [0.15, 0.2) is 6.10 Å². The van der Waals surface area contributed by atoms with Crippen LogP contribution in [0.2, 0.25) is 0 Å². The standard InChI is InChI=1S/C42H75O10P.Na/c1-3-5-7-9-11-13-15-17-19-21-23-25-27-29-31-33-41(45)49-37-40(38-51-53(47,48)50-36-39(44)35-43)52-42(46)34-32-30-28-26-24-22-20-18-16-14-12-10-8-6-4-2;/h11-14,17-20,39-40,43-44H,3-10,15-16,21-38H2,1-2H3,(H,47,48);/q;+1/p-1/b13-11-,14-12-,19-17-,20-18-;/t39?,40-;/m1./s1. The van der Waals surface area contributed by atoms with Crippen LogP contribution in [0.5, 0.6) is 0 Å². The van der Waals surface area contributed by atoms with E-state index in [1.165, 1.54) is 38.5 Å². The number of esters is 2. The summed E-state index contributed by atoms with van der Waals surface area (Å²) >= 11 is 0. The maximum Gasteiger partial charge on any atom is 1.00 e. The van der Waals surface area contributed by atoms with Crippen LogP contribution in [0, 0.1) is 0 Å². The van der Waals surface area contributed by atoms with Crippen molar-refractivity contribution in [3.8, 4) is 0 Å². The first-order valence-corrected chi connectivity index (χ1v) is 22.0. The summed E-state index contributed by atoms with van der Waals surface area (Å²) in [6, 6.07) is 0. The molecular formula is C42H74NaO10P. The number of carbonyl (C=O) groups is 2. The third-order valence-electron chi connectivity index (χ3n) is 8.45. The Morgan fingerprint density at radius 2 is 1.00 bits per heavy atom. The molecule has 54 heavy (non-hydrogen) atoms. The van der Waals surface area contributed by atoms with Gasteiger partial charge in [0.1, 0.15) is 12.7 Å². The summed E-state index contributed by atoms with van der Waals surface area (Å²) in [7, 11) is -4.87. The molecule has 0 aromatic carbocycles. The number of unbranched alkanes of at least 4 members (excludes halogenated alkanes) is 16. The van der Waals surface area contributed by atoms with Gasteiger partial charge in [-0.3, -0.25) is 14.2 Å². The van der Waals surface area contributed by atoms with Crippen molar-refractivity contribution in [2.45, 2.75) is 180 Å². The van der Waals surface area contributed by atoms with E-state index in [1.54, 1.807) is 0 Å². The van der Waals surface area contributed by atoms with Crippen molar-refractivity contribution in [2.24, 2.45) is 0 Å². The fourth-order valence-electron chi connectivity index (χ4n) is 5.22. The molecule has 12 heteroatoms. The van der Waals surface area contributed by atoms with Gasteiger partial charge in [-0.1, -0.05) is 127 Å². The van der Waals surface area contributed by atoms with Crippen molar-refractivity contribution in [2.75, 3.05) is 26.4 Å². The summed E-state index contributed by atoms with van der Waals surface area (Å²) in [5.74, 6) is -0.996. The number of allylic oxidation sites excluding steroid dienone is 8. The van der Waals surface area contributed by atoms with Crippen molar-refractivity contribution in [3.05, 3.63) is 48.6 Å². The molecule has 0 radical (unpaired) electrons. The van der Waals surface area contributed by atoms with E-state index < -0.39 is 51.8 Å². The average Bonchev–Trinajstić information content (AvgIpc) is 3.14. The summed E-state index contributed by atoms with van der Waals surface area (Å²) in [5, 5.41) is 18.3. The van der Waals surface area contributed by atoms with Gasteiger partial charge in [-0.15, -0.1) is 0 Å². The van der Waals surface area contributed by atoms with E-state index in [1.807, 2.05) is 0 Å². The third-order valence-corrected chi connectivity index (χ3v) is 9.38. The van der Waals surface area contributed by atoms with Crippen LogP contribution in [-0.2, 0) is 32.7 Å². The van der Waals surface area contributed by atoms with E-state index >= 15 is 0 Å². The number of carbonyl (C=O) groups excluding carboxylic acids is 2. The van der Waals surface area contributed by atoms with Gasteiger partial charge >= 0.3 is 41.5 Å². The van der Waals surface area contributed by atoms with Gasteiger partial charge in [-0.2, -0.15) is 0 Å². The second-order valence-electron chi connectivity index (χ2n) is 13.6. The summed E-state index contributed by atoms with van der Waals surface area (Å²) in [4.78, 5) is 37.1. The molecule has 3 atom stereocenters. The average molecular weight is 793 g/mol. The number of phosphoric acid groups is 1. The molecule has 0 aliphatic heterocycles. The number of phosphoric ester groups is 1. The van der Waals surface area contributed by atoms with Crippen LogP contribution < -0.4 is 34.5 Å². The van der Waals surface area contributed by atoms with Gasteiger partial charge in [0, 0.05) is 12.8 Å². The zero-order valence-electron chi connectivity index (χ0n) is 34.2.